The Labute approximate surface area is 185 Å². The molecule has 1 aliphatic rings. The van der Waals surface area contributed by atoms with Crippen LogP contribution in [0, 0.1) is 0 Å². The van der Waals surface area contributed by atoms with Crippen LogP contribution in [-0.4, -0.2) is 73.9 Å². The van der Waals surface area contributed by atoms with Crippen molar-refractivity contribution in [3.8, 4) is 11.1 Å². The molecule has 0 N–H and O–H groups in total. The third-order valence-corrected chi connectivity index (χ3v) is 5.78. The number of carbonyl (C=O) groups is 1. The second-order valence-corrected chi connectivity index (χ2v) is 8.16. The fraction of sp³-hybridized carbons (Fsp3) is 0.304. The van der Waals surface area contributed by atoms with Crippen molar-refractivity contribution in [1.82, 2.24) is 34.8 Å². The SMILES string of the molecule is CN1CCN(c2cc(C(=O)Cc3ncc4ccc(-c5cnn(C)c5)cc4n3)cnn2)CC1. The van der Waals surface area contributed by atoms with E-state index in [1.807, 2.05) is 43.7 Å². The van der Waals surface area contributed by atoms with Crippen LogP contribution in [0.4, 0.5) is 5.82 Å². The summed E-state index contributed by atoms with van der Waals surface area (Å²) in [5.74, 6) is 1.16. The highest BCUT2D eigenvalue weighted by molar-refractivity contribution is 5.97. The molecule has 0 radical (unpaired) electrons. The van der Waals surface area contributed by atoms with E-state index in [9.17, 15) is 4.79 Å². The van der Waals surface area contributed by atoms with Crippen molar-refractivity contribution in [3.05, 3.63) is 60.4 Å². The van der Waals surface area contributed by atoms with Crippen molar-refractivity contribution >= 4 is 22.5 Å². The molecule has 0 bridgehead atoms. The molecule has 1 aliphatic heterocycles. The second-order valence-electron chi connectivity index (χ2n) is 8.16. The van der Waals surface area contributed by atoms with E-state index in [2.05, 4.69) is 42.1 Å². The average molecular weight is 429 g/mol. The molecule has 32 heavy (non-hydrogen) atoms. The van der Waals surface area contributed by atoms with Crippen LogP contribution in [0.1, 0.15) is 16.2 Å². The first-order valence-corrected chi connectivity index (χ1v) is 10.6. The minimum atomic E-state index is -0.0713. The number of aryl methyl sites for hydroxylation is 1. The van der Waals surface area contributed by atoms with E-state index in [-0.39, 0.29) is 12.2 Å². The number of ketones is 1. The molecule has 9 heteroatoms. The van der Waals surface area contributed by atoms with Crippen molar-refractivity contribution < 1.29 is 4.79 Å². The Morgan fingerprint density at radius 1 is 1.00 bits per heavy atom. The number of carbonyl (C=O) groups excluding carboxylic acids is 1. The summed E-state index contributed by atoms with van der Waals surface area (Å²) in [6, 6.07) is 7.83. The number of aromatic nitrogens is 6. The number of likely N-dealkylation sites (N-methyl/N-ethyl adjacent to an activating group) is 1. The Morgan fingerprint density at radius 2 is 1.84 bits per heavy atom. The van der Waals surface area contributed by atoms with Gasteiger partial charge < -0.3 is 9.80 Å². The van der Waals surface area contributed by atoms with Gasteiger partial charge in [0.25, 0.3) is 0 Å². The third-order valence-electron chi connectivity index (χ3n) is 5.78. The maximum absolute atomic E-state index is 12.9. The van der Waals surface area contributed by atoms with E-state index in [0.29, 0.717) is 11.4 Å². The van der Waals surface area contributed by atoms with Gasteiger partial charge in [0, 0.05) is 62.1 Å². The lowest BCUT2D eigenvalue weighted by Gasteiger charge is -2.32. The van der Waals surface area contributed by atoms with Gasteiger partial charge in [-0.3, -0.25) is 9.48 Å². The molecule has 0 aliphatic carbocycles. The number of hydrogen-bond acceptors (Lipinski definition) is 8. The number of Topliss-reactive ketones (excluding diaryl/α,β-unsaturated/α-hetero) is 1. The smallest absolute Gasteiger partial charge is 0.172 e. The number of nitrogens with zero attached hydrogens (tertiary/aromatic N) is 8. The van der Waals surface area contributed by atoms with E-state index in [1.54, 1.807) is 10.9 Å². The Morgan fingerprint density at radius 3 is 2.62 bits per heavy atom. The van der Waals surface area contributed by atoms with Gasteiger partial charge in [0.2, 0.25) is 0 Å². The largest absolute Gasteiger partial charge is 0.353 e. The van der Waals surface area contributed by atoms with Crippen molar-refractivity contribution in [1.29, 1.82) is 0 Å². The van der Waals surface area contributed by atoms with Crippen LogP contribution in [0.25, 0.3) is 22.0 Å². The summed E-state index contributed by atoms with van der Waals surface area (Å²) in [4.78, 5) is 26.4. The molecule has 0 unspecified atom stereocenters. The van der Waals surface area contributed by atoms with Gasteiger partial charge in [-0.05, 0) is 24.7 Å². The standard InChI is InChI=1S/C23H24N8O/c1-29-5-7-31(8-6-29)23-10-18(13-25-28-23)21(32)11-22-24-12-17-4-3-16(9-20(17)27-22)19-14-26-30(2)15-19/h3-4,9-10,12-15H,5-8,11H2,1-2H3. The van der Waals surface area contributed by atoms with E-state index in [0.717, 1.165) is 54.0 Å². The van der Waals surface area contributed by atoms with Gasteiger partial charge in [-0.1, -0.05) is 12.1 Å². The van der Waals surface area contributed by atoms with Gasteiger partial charge in [-0.25, -0.2) is 9.97 Å². The molecule has 4 aromatic rings. The fourth-order valence-corrected chi connectivity index (χ4v) is 3.84. The quantitative estimate of drug-likeness (QED) is 0.446. The predicted octanol–water partition coefficient (Wildman–Crippen LogP) is 2.00. The topological polar surface area (TPSA) is 92.9 Å². The Hall–Kier alpha value is -3.72. The van der Waals surface area contributed by atoms with E-state index >= 15 is 0 Å². The van der Waals surface area contributed by atoms with Crippen molar-refractivity contribution in [3.63, 3.8) is 0 Å². The Kier molecular flexibility index (Phi) is 5.32. The zero-order valence-electron chi connectivity index (χ0n) is 18.1. The first-order valence-electron chi connectivity index (χ1n) is 10.6. The van der Waals surface area contributed by atoms with Crippen LogP contribution in [0.15, 0.2) is 49.1 Å². The second kappa shape index (κ2) is 8.43. The van der Waals surface area contributed by atoms with Crippen LogP contribution < -0.4 is 4.90 Å². The highest BCUT2D eigenvalue weighted by Gasteiger charge is 2.18. The van der Waals surface area contributed by atoms with Gasteiger partial charge in [-0.2, -0.15) is 10.2 Å². The molecule has 1 saturated heterocycles. The molecule has 3 aromatic heterocycles. The number of hydrogen-bond donors (Lipinski definition) is 0. The zero-order chi connectivity index (χ0) is 22.1. The third kappa shape index (κ3) is 4.19. The normalized spacial score (nSPS) is 14.8. The summed E-state index contributed by atoms with van der Waals surface area (Å²) in [6.45, 7) is 3.67. The molecule has 162 valence electrons. The van der Waals surface area contributed by atoms with Crippen LogP contribution in [-0.2, 0) is 13.5 Å². The minimum Gasteiger partial charge on any atom is -0.353 e. The van der Waals surface area contributed by atoms with Crippen LogP contribution in [0.2, 0.25) is 0 Å². The Balaban J connectivity index is 1.36. The lowest BCUT2D eigenvalue weighted by Crippen LogP contribution is -2.44. The van der Waals surface area contributed by atoms with Crippen molar-refractivity contribution in [2.24, 2.45) is 7.05 Å². The van der Waals surface area contributed by atoms with Gasteiger partial charge in [0.15, 0.2) is 11.6 Å². The van der Waals surface area contributed by atoms with Crippen LogP contribution in [0.5, 0.6) is 0 Å². The van der Waals surface area contributed by atoms with Gasteiger partial charge in [0.05, 0.1) is 24.3 Å². The molecule has 0 amide bonds. The summed E-state index contributed by atoms with van der Waals surface area (Å²) in [5, 5.41) is 13.4. The highest BCUT2D eigenvalue weighted by Crippen LogP contribution is 2.23. The number of rotatable bonds is 5. The fourth-order valence-electron chi connectivity index (χ4n) is 3.84. The number of anilines is 1. The van der Waals surface area contributed by atoms with Crippen LogP contribution in [0.3, 0.4) is 0 Å². The van der Waals surface area contributed by atoms with Gasteiger partial charge >= 0.3 is 0 Å². The van der Waals surface area contributed by atoms with Gasteiger partial charge in [0.1, 0.15) is 5.82 Å². The number of fused-ring (bicyclic) bond motifs is 1. The van der Waals surface area contributed by atoms with Gasteiger partial charge in [-0.15, -0.1) is 5.10 Å². The maximum Gasteiger partial charge on any atom is 0.172 e. The van der Waals surface area contributed by atoms with Crippen LogP contribution >= 0.6 is 0 Å². The highest BCUT2D eigenvalue weighted by atomic mass is 16.1. The lowest BCUT2D eigenvalue weighted by molar-refractivity contribution is 0.0990. The summed E-state index contributed by atoms with van der Waals surface area (Å²) in [5.41, 5.74) is 3.37. The van der Waals surface area contributed by atoms with E-state index in [4.69, 9.17) is 0 Å². The first-order chi connectivity index (χ1) is 15.5. The minimum absolute atomic E-state index is 0.0713. The lowest BCUT2D eigenvalue weighted by atomic mass is 10.1. The summed E-state index contributed by atoms with van der Waals surface area (Å²) in [6.07, 6.45) is 7.17. The van der Waals surface area contributed by atoms with Crippen molar-refractivity contribution in [2.75, 3.05) is 38.1 Å². The van der Waals surface area contributed by atoms with E-state index < -0.39 is 0 Å². The molecule has 5 rings (SSSR count). The summed E-state index contributed by atoms with van der Waals surface area (Å²) < 4.78 is 1.77. The molecular formula is C23H24N8O. The maximum atomic E-state index is 12.9. The molecule has 1 fully saturated rings. The molecule has 9 nitrogen and oxygen atoms in total. The van der Waals surface area contributed by atoms with E-state index in [1.165, 1.54) is 6.20 Å². The Bertz CT molecular complexity index is 1280. The molecule has 1 aromatic carbocycles. The average Bonchev–Trinajstić information content (AvgIpc) is 3.25. The summed E-state index contributed by atoms with van der Waals surface area (Å²) in [7, 11) is 3.99. The molecular weight excluding hydrogens is 404 g/mol. The predicted molar refractivity (Wildman–Crippen MR) is 122 cm³/mol. The van der Waals surface area contributed by atoms with Crippen molar-refractivity contribution in [2.45, 2.75) is 6.42 Å². The summed E-state index contributed by atoms with van der Waals surface area (Å²) >= 11 is 0. The molecule has 0 saturated carbocycles. The monoisotopic (exact) mass is 428 g/mol. The molecule has 0 spiro atoms. The molecule has 0 atom stereocenters. The first kappa shape index (κ1) is 20.2. The number of piperazine rings is 1. The zero-order valence-corrected chi connectivity index (χ0v) is 18.1. The number of benzene rings is 1. The molecule has 4 heterocycles.